The lowest BCUT2D eigenvalue weighted by Gasteiger charge is -2.27. The van der Waals surface area contributed by atoms with Crippen molar-refractivity contribution in [1.82, 2.24) is 14.9 Å². The molecule has 15 heteroatoms. The molecule has 0 unspecified atom stereocenters. The van der Waals surface area contributed by atoms with E-state index in [1.54, 1.807) is 0 Å². The number of carboxylic acid groups (broad SMARTS) is 1. The van der Waals surface area contributed by atoms with Gasteiger partial charge in [0, 0.05) is 6.42 Å². The molecule has 1 aliphatic heterocycles. The van der Waals surface area contributed by atoms with Gasteiger partial charge < -0.3 is 15.2 Å². The quantitative estimate of drug-likeness (QED) is 0.294. The summed E-state index contributed by atoms with van der Waals surface area (Å²) in [4.78, 5) is 43.4. The number of aromatic nitrogens is 2. The summed E-state index contributed by atoms with van der Waals surface area (Å²) >= 11 is 11.9. The Labute approximate surface area is 227 Å². The highest BCUT2D eigenvalue weighted by Crippen LogP contribution is 2.44. The fraction of sp³-hybridized carbons (Fsp3) is 0.250. The number of carbonyl (C=O) groups excluding carboxylic acids is 2. The minimum Gasteiger partial charge on any atom is -0.480 e. The predicted octanol–water partition coefficient (Wildman–Crippen LogP) is 5.07. The van der Waals surface area contributed by atoms with E-state index >= 15 is 0 Å². The fourth-order valence-corrected chi connectivity index (χ4v) is 4.65. The van der Waals surface area contributed by atoms with Crippen molar-refractivity contribution in [1.29, 1.82) is 0 Å². The number of aliphatic carboxylic acids is 1. The molecule has 1 aliphatic rings. The molecule has 0 saturated carbocycles. The largest absolute Gasteiger partial charge is 0.573 e. The van der Waals surface area contributed by atoms with Crippen molar-refractivity contribution in [3.05, 3.63) is 69.7 Å². The first-order valence-corrected chi connectivity index (χ1v) is 11.8. The van der Waals surface area contributed by atoms with Crippen molar-refractivity contribution in [3.63, 3.8) is 0 Å². The van der Waals surface area contributed by atoms with E-state index in [4.69, 9.17) is 23.2 Å². The third-order valence-electron chi connectivity index (χ3n) is 5.98. The predicted molar refractivity (Wildman–Crippen MR) is 131 cm³/mol. The lowest BCUT2D eigenvalue weighted by atomic mass is 9.91. The van der Waals surface area contributed by atoms with Crippen LogP contribution in [0.1, 0.15) is 29.9 Å². The monoisotopic (exact) mass is 588 g/mol. The van der Waals surface area contributed by atoms with E-state index in [1.807, 2.05) is 0 Å². The number of hydrogen-bond acceptors (Lipinski definition) is 5. The van der Waals surface area contributed by atoms with Crippen LogP contribution >= 0.6 is 23.2 Å². The molecule has 4 rings (SSSR count). The Morgan fingerprint density at radius 3 is 2.31 bits per heavy atom. The molecule has 2 amide bonds. The number of amides is 2. The highest BCUT2D eigenvalue weighted by atomic mass is 35.5. The fourth-order valence-electron chi connectivity index (χ4n) is 4.17. The highest BCUT2D eigenvalue weighted by molar-refractivity contribution is 6.35. The van der Waals surface area contributed by atoms with E-state index in [2.05, 4.69) is 15.0 Å². The van der Waals surface area contributed by atoms with Gasteiger partial charge in [-0.25, -0.2) is 14.3 Å². The molecule has 0 bridgehead atoms. The summed E-state index contributed by atoms with van der Waals surface area (Å²) in [6, 6.07) is 5.77. The van der Waals surface area contributed by atoms with Crippen LogP contribution in [0.5, 0.6) is 5.75 Å². The smallest absolute Gasteiger partial charge is 0.480 e. The van der Waals surface area contributed by atoms with Crippen LogP contribution in [0.4, 0.5) is 29.2 Å². The molecule has 1 aromatic heterocycles. The Morgan fingerprint density at radius 2 is 1.77 bits per heavy atom. The van der Waals surface area contributed by atoms with Crippen molar-refractivity contribution >= 4 is 52.6 Å². The number of fused-ring (bicyclic) bond motifs is 1. The van der Waals surface area contributed by atoms with Gasteiger partial charge in [-0.05, 0) is 43.7 Å². The van der Waals surface area contributed by atoms with Gasteiger partial charge in [-0.2, -0.15) is 0 Å². The van der Waals surface area contributed by atoms with E-state index in [1.165, 1.54) is 30.5 Å². The first-order chi connectivity index (χ1) is 18.1. The Bertz CT molecular complexity index is 1460. The number of imidazole rings is 1. The molecule has 2 heterocycles. The van der Waals surface area contributed by atoms with Gasteiger partial charge in [0.2, 0.25) is 5.95 Å². The SMILES string of the molecule is C[C@H](NC(=O)c1cnc2n1[C@](C)(Cc1ccc(OC(F)(F)F)cc1)C(=O)N2c1cc(Cl)c(F)c(Cl)c1)C(=O)O. The lowest BCUT2D eigenvalue weighted by molar-refractivity contribution is -0.274. The second kappa shape index (κ2) is 10.0. The minimum atomic E-state index is -4.89. The number of anilines is 2. The van der Waals surface area contributed by atoms with Crippen LogP contribution in [-0.2, 0) is 21.5 Å². The van der Waals surface area contributed by atoms with E-state index in [0.717, 1.165) is 35.4 Å². The summed E-state index contributed by atoms with van der Waals surface area (Å²) in [6.07, 6.45) is -3.91. The molecular weight excluding hydrogens is 571 g/mol. The Hall–Kier alpha value is -3.84. The number of carbonyl (C=O) groups is 3. The number of halogens is 6. The van der Waals surface area contributed by atoms with Crippen molar-refractivity contribution in [3.8, 4) is 5.75 Å². The number of rotatable bonds is 7. The van der Waals surface area contributed by atoms with E-state index in [9.17, 15) is 37.1 Å². The van der Waals surface area contributed by atoms with Crippen molar-refractivity contribution in [2.45, 2.75) is 38.2 Å². The van der Waals surface area contributed by atoms with Gasteiger partial charge >= 0.3 is 12.3 Å². The molecule has 0 fully saturated rings. The molecule has 9 nitrogen and oxygen atoms in total. The Kier molecular flexibility index (Phi) is 7.25. The number of ether oxygens (including phenoxy) is 1. The van der Waals surface area contributed by atoms with Crippen LogP contribution in [0.25, 0.3) is 0 Å². The molecule has 0 spiro atoms. The van der Waals surface area contributed by atoms with Crippen LogP contribution in [0.2, 0.25) is 10.0 Å². The molecular formula is C24H18Cl2F4N4O5. The topological polar surface area (TPSA) is 114 Å². The summed E-state index contributed by atoms with van der Waals surface area (Å²) < 4.78 is 56.9. The standard InChI is InChI=1S/C24H18Cl2F4N4O5/c1-11(20(36)37)32-19(35)17-10-31-22-33(13-7-15(25)18(27)16(26)8-13)21(38)23(2,34(17)22)9-12-3-5-14(6-4-12)39-24(28,29)30/h3-8,10-11H,9H2,1-2H3,(H,32,35)(H,36,37)/t11-,23+/m0/s1. The summed E-state index contributed by atoms with van der Waals surface area (Å²) in [5, 5.41) is 10.7. The molecule has 0 radical (unpaired) electrons. The zero-order valence-corrected chi connectivity index (χ0v) is 21.5. The van der Waals surface area contributed by atoms with Crippen molar-refractivity contribution < 1.29 is 41.8 Å². The molecule has 2 N–H and O–H groups in total. The lowest BCUT2D eigenvalue weighted by Crippen LogP contribution is -2.44. The van der Waals surface area contributed by atoms with Crippen molar-refractivity contribution in [2.75, 3.05) is 4.90 Å². The first-order valence-electron chi connectivity index (χ1n) is 11.1. The van der Waals surface area contributed by atoms with Gasteiger partial charge in [0.1, 0.15) is 23.0 Å². The highest BCUT2D eigenvalue weighted by Gasteiger charge is 2.51. The third-order valence-corrected chi connectivity index (χ3v) is 6.53. The molecule has 2 aromatic carbocycles. The Balaban J connectivity index is 1.80. The number of nitrogens with one attached hydrogen (secondary N) is 1. The van der Waals surface area contributed by atoms with Crippen LogP contribution in [-0.4, -0.2) is 44.8 Å². The van der Waals surface area contributed by atoms with Crippen LogP contribution < -0.4 is 15.0 Å². The summed E-state index contributed by atoms with van der Waals surface area (Å²) in [5.41, 5.74) is -1.35. The van der Waals surface area contributed by atoms with E-state index < -0.39 is 47.3 Å². The summed E-state index contributed by atoms with van der Waals surface area (Å²) in [6.45, 7) is 2.70. The number of carboxylic acids is 1. The number of nitrogens with zero attached hydrogens (tertiary/aromatic N) is 3. The van der Waals surface area contributed by atoms with Gasteiger partial charge in [0.25, 0.3) is 11.8 Å². The van der Waals surface area contributed by atoms with E-state index in [0.29, 0.717) is 5.56 Å². The minimum absolute atomic E-state index is 0.0340. The maximum atomic E-state index is 14.1. The van der Waals surface area contributed by atoms with Crippen LogP contribution in [0, 0.1) is 5.82 Å². The summed E-state index contributed by atoms with van der Waals surface area (Å²) in [7, 11) is 0. The second-order valence-corrected chi connectivity index (χ2v) is 9.63. The van der Waals surface area contributed by atoms with Crippen LogP contribution in [0.15, 0.2) is 42.6 Å². The number of benzene rings is 2. The normalized spacial score (nSPS) is 17.6. The molecule has 39 heavy (non-hydrogen) atoms. The molecule has 0 aliphatic carbocycles. The zero-order chi connectivity index (χ0) is 28.9. The molecule has 2 atom stereocenters. The average Bonchev–Trinajstić information content (AvgIpc) is 3.36. The maximum absolute atomic E-state index is 14.1. The van der Waals surface area contributed by atoms with Gasteiger partial charge in [-0.1, -0.05) is 35.3 Å². The van der Waals surface area contributed by atoms with Gasteiger partial charge in [0.15, 0.2) is 5.82 Å². The number of alkyl halides is 3. The number of hydrogen-bond donors (Lipinski definition) is 2. The summed E-state index contributed by atoms with van der Waals surface area (Å²) in [5.74, 6) is -4.27. The van der Waals surface area contributed by atoms with Gasteiger partial charge in [-0.3, -0.25) is 19.0 Å². The second-order valence-electron chi connectivity index (χ2n) is 8.82. The van der Waals surface area contributed by atoms with E-state index in [-0.39, 0.29) is 33.8 Å². The first kappa shape index (κ1) is 28.2. The third kappa shape index (κ3) is 5.36. The van der Waals surface area contributed by atoms with Gasteiger partial charge in [0.05, 0.1) is 21.9 Å². The van der Waals surface area contributed by atoms with Crippen molar-refractivity contribution in [2.24, 2.45) is 0 Å². The van der Waals surface area contributed by atoms with Crippen LogP contribution in [0.3, 0.4) is 0 Å². The zero-order valence-electron chi connectivity index (χ0n) is 20.0. The van der Waals surface area contributed by atoms with Gasteiger partial charge in [-0.15, -0.1) is 13.2 Å². The maximum Gasteiger partial charge on any atom is 0.573 e. The Morgan fingerprint density at radius 1 is 1.18 bits per heavy atom. The molecule has 3 aromatic rings. The molecule has 0 saturated heterocycles. The average molecular weight is 589 g/mol. The molecule has 206 valence electrons.